The molecule has 0 aliphatic rings. The van der Waals surface area contributed by atoms with Crippen molar-refractivity contribution in [1.82, 2.24) is 4.90 Å². The van der Waals surface area contributed by atoms with Crippen LogP contribution in [-0.2, 0) is 14.3 Å². The van der Waals surface area contributed by atoms with Crippen LogP contribution in [0.15, 0.2) is 41.8 Å². The molecule has 0 saturated carbocycles. The Hall–Kier alpha value is -2.74. The van der Waals surface area contributed by atoms with Crippen LogP contribution in [-0.4, -0.2) is 42.9 Å². The van der Waals surface area contributed by atoms with E-state index in [0.29, 0.717) is 10.6 Å². The molecule has 0 aliphatic carbocycles. The molecule has 2 aromatic rings. The van der Waals surface area contributed by atoms with Crippen LogP contribution in [0.5, 0.6) is 0 Å². The summed E-state index contributed by atoms with van der Waals surface area (Å²) in [5.74, 6) is -1.94. The third-order valence-corrected chi connectivity index (χ3v) is 3.83. The van der Waals surface area contributed by atoms with Gasteiger partial charge in [-0.05, 0) is 35.7 Å². The maximum Gasteiger partial charge on any atom is 0.348 e. The summed E-state index contributed by atoms with van der Waals surface area (Å²) in [5.41, 5.74) is 0.423. The summed E-state index contributed by atoms with van der Waals surface area (Å²) >= 11 is 1.21. The average Bonchev–Trinajstić information content (AvgIpc) is 3.08. The number of halogens is 1. The summed E-state index contributed by atoms with van der Waals surface area (Å²) in [4.78, 5) is 36.9. The molecular weight excluding hydrogens is 335 g/mol. The SMILES string of the molecule is CN(CC(=O)Nc1ccc(F)cc1)C(=O)COC(=O)c1cccs1. The van der Waals surface area contributed by atoms with Crippen molar-refractivity contribution in [2.24, 2.45) is 0 Å². The number of hydrogen-bond acceptors (Lipinski definition) is 5. The lowest BCUT2D eigenvalue weighted by molar-refractivity contribution is -0.136. The molecule has 0 bridgehead atoms. The molecule has 1 N–H and O–H groups in total. The molecule has 8 heteroatoms. The molecule has 0 spiro atoms. The normalized spacial score (nSPS) is 10.1. The van der Waals surface area contributed by atoms with Gasteiger partial charge in [-0.1, -0.05) is 6.07 Å². The summed E-state index contributed by atoms with van der Waals surface area (Å²) in [5, 5.41) is 4.26. The van der Waals surface area contributed by atoms with Crippen LogP contribution in [0.1, 0.15) is 9.67 Å². The van der Waals surface area contributed by atoms with Gasteiger partial charge in [0.05, 0.1) is 6.54 Å². The predicted octanol–water partition coefficient (Wildman–Crippen LogP) is 2.14. The second-order valence-corrected chi connectivity index (χ2v) is 5.81. The third-order valence-electron chi connectivity index (χ3n) is 2.98. The molecule has 2 rings (SSSR count). The van der Waals surface area contributed by atoms with Crippen LogP contribution in [0.3, 0.4) is 0 Å². The number of anilines is 1. The van der Waals surface area contributed by atoms with Crippen LogP contribution in [0.25, 0.3) is 0 Å². The van der Waals surface area contributed by atoms with Crippen molar-refractivity contribution in [2.45, 2.75) is 0 Å². The van der Waals surface area contributed by atoms with E-state index in [-0.39, 0.29) is 6.54 Å². The topological polar surface area (TPSA) is 75.7 Å². The highest BCUT2D eigenvalue weighted by Crippen LogP contribution is 2.10. The number of benzene rings is 1. The fourth-order valence-electron chi connectivity index (χ4n) is 1.74. The van der Waals surface area contributed by atoms with Crippen molar-refractivity contribution in [2.75, 3.05) is 25.5 Å². The molecule has 126 valence electrons. The van der Waals surface area contributed by atoms with Crippen molar-refractivity contribution < 1.29 is 23.5 Å². The fourth-order valence-corrected chi connectivity index (χ4v) is 2.36. The summed E-state index contributed by atoms with van der Waals surface area (Å²) in [6, 6.07) is 8.56. The fraction of sp³-hybridized carbons (Fsp3) is 0.188. The van der Waals surface area contributed by atoms with Gasteiger partial charge < -0.3 is 15.0 Å². The van der Waals surface area contributed by atoms with E-state index in [1.165, 1.54) is 42.6 Å². The zero-order valence-corrected chi connectivity index (χ0v) is 13.6. The number of likely N-dealkylation sites (N-methyl/N-ethyl adjacent to an activating group) is 1. The molecule has 6 nitrogen and oxygen atoms in total. The Balaban J connectivity index is 1.77. The first kappa shape index (κ1) is 17.6. The number of rotatable bonds is 6. The molecule has 1 aromatic carbocycles. The Kier molecular flexibility index (Phi) is 6.02. The van der Waals surface area contributed by atoms with E-state index < -0.39 is 30.2 Å². The Bertz CT molecular complexity index is 716. The summed E-state index contributed by atoms with van der Waals surface area (Å²) in [6.07, 6.45) is 0. The van der Waals surface area contributed by atoms with Gasteiger partial charge in [0.2, 0.25) is 5.91 Å². The van der Waals surface area contributed by atoms with E-state index in [1.54, 1.807) is 17.5 Å². The largest absolute Gasteiger partial charge is 0.451 e. The van der Waals surface area contributed by atoms with E-state index in [0.717, 1.165) is 4.90 Å². The minimum absolute atomic E-state index is 0.216. The Morgan fingerprint density at radius 3 is 2.54 bits per heavy atom. The highest BCUT2D eigenvalue weighted by molar-refractivity contribution is 7.11. The Labute approximate surface area is 141 Å². The van der Waals surface area contributed by atoms with Gasteiger partial charge in [0.25, 0.3) is 5.91 Å². The molecule has 0 saturated heterocycles. The van der Waals surface area contributed by atoms with Crippen molar-refractivity contribution in [3.05, 3.63) is 52.5 Å². The average molecular weight is 350 g/mol. The minimum atomic E-state index is -0.581. The van der Waals surface area contributed by atoms with Crippen molar-refractivity contribution in [3.8, 4) is 0 Å². The van der Waals surface area contributed by atoms with Crippen molar-refractivity contribution >= 4 is 34.8 Å². The van der Waals surface area contributed by atoms with Gasteiger partial charge in [-0.3, -0.25) is 9.59 Å². The predicted molar refractivity (Wildman–Crippen MR) is 87.3 cm³/mol. The number of nitrogens with one attached hydrogen (secondary N) is 1. The molecule has 24 heavy (non-hydrogen) atoms. The summed E-state index contributed by atoms with van der Waals surface area (Å²) in [7, 11) is 1.42. The number of carbonyl (C=O) groups excluding carboxylic acids is 3. The van der Waals surface area contributed by atoms with Crippen LogP contribution in [0.4, 0.5) is 10.1 Å². The maximum absolute atomic E-state index is 12.8. The second-order valence-electron chi connectivity index (χ2n) is 4.86. The molecule has 1 aromatic heterocycles. The van der Waals surface area contributed by atoms with E-state index >= 15 is 0 Å². The monoisotopic (exact) mass is 350 g/mol. The zero-order chi connectivity index (χ0) is 17.5. The first-order chi connectivity index (χ1) is 11.5. The second kappa shape index (κ2) is 8.21. The van der Waals surface area contributed by atoms with E-state index in [1.807, 2.05) is 0 Å². The van der Waals surface area contributed by atoms with Gasteiger partial charge in [0.15, 0.2) is 6.61 Å². The number of amides is 2. The molecule has 0 unspecified atom stereocenters. The highest BCUT2D eigenvalue weighted by Gasteiger charge is 2.16. The van der Waals surface area contributed by atoms with Crippen molar-refractivity contribution in [3.63, 3.8) is 0 Å². The third kappa shape index (κ3) is 5.17. The minimum Gasteiger partial charge on any atom is -0.451 e. The van der Waals surface area contributed by atoms with Crippen LogP contribution >= 0.6 is 11.3 Å². The lowest BCUT2D eigenvalue weighted by atomic mass is 10.3. The standard InChI is InChI=1S/C16H15FN2O4S/c1-19(9-14(20)18-12-6-4-11(17)5-7-12)15(21)10-23-16(22)13-3-2-8-24-13/h2-8H,9-10H2,1H3,(H,18,20). The first-order valence-corrected chi connectivity index (χ1v) is 7.83. The summed E-state index contributed by atoms with van der Waals surface area (Å²) in [6.45, 7) is -0.663. The number of esters is 1. The number of nitrogens with zero attached hydrogens (tertiary/aromatic N) is 1. The first-order valence-electron chi connectivity index (χ1n) is 6.95. The Morgan fingerprint density at radius 2 is 1.92 bits per heavy atom. The quantitative estimate of drug-likeness (QED) is 0.810. The van der Waals surface area contributed by atoms with Gasteiger partial charge >= 0.3 is 5.97 Å². The molecule has 2 amide bonds. The van der Waals surface area contributed by atoms with Crippen LogP contribution in [0, 0.1) is 5.82 Å². The number of hydrogen-bond donors (Lipinski definition) is 1. The molecule has 0 radical (unpaired) electrons. The number of ether oxygens (including phenoxy) is 1. The van der Waals surface area contributed by atoms with E-state index in [9.17, 15) is 18.8 Å². The van der Waals surface area contributed by atoms with E-state index in [2.05, 4.69) is 5.32 Å². The van der Waals surface area contributed by atoms with Gasteiger partial charge in [-0.15, -0.1) is 11.3 Å². The molecule has 0 aliphatic heterocycles. The lowest BCUT2D eigenvalue weighted by Gasteiger charge is -2.16. The molecule has 0 fully saturated rings. The van der Waals surface area contributed by atoms with Crippen LogP contribution in [0.2, 0.25) is 0 Å². The molecule has 1 heterocycles. The Morgan fingerprint density at radius 1 is 1.21 bits per heavy atom. The van der Waals surface area contributed by atoms with Gasteiger partial charge in [-0.25, -0.2) is 9.18 Å². The number of carbonyl (C=O) groups is 3. The van der Waals surface area contributed by atoms with Gasteiger partial charge in [0.1, 0.15) is 10.7 Å². The lowest BCUT2D eigenvalue weighted by Crippen LogP contribution is -2.37. The maximum atomic E-state index is 12.8. The van der Waals surface area contributed by atoms with E-state index in [4.69, 9.17) is 4.74 Å². The summed E-state index contributed by atoms with van der Waals surface area (Å²) < 4.78 is 17.7. The smallest absolute Gasteiger partial charge is 0.348 e. The van der Waals surface area contributed by atoms with Gasteiger partial charge in [0, 0.05) is 12.7 Å². The molecular formula is C16H15FN2O4S. The highest BCUT2D eigenvalue weighted by atomic mass is 32.1. The van der Waals surface area contributed by atoms with Crippen LogP contribution < -0.4 is 5.32 Å². The van der Waals surface area contributed by atoms with Gasteiger partial charge in [-0.2, -0.15) is 0 Å². The van der Waals surface area contributed by atoms with Crippen molar-refractivity contribution in [1.29, 1.82) is 0 Å². The molecule has 0 atom stereocenters. The zero-order valence-electron chi connectivity index (χ0n) is 12.8. The number of thiophene rings is 1.